The van der Waals surface area contributed by atoms with Gasteiger partial charge < -0.3 is 10.1 Å². The topological polar surface area (TPSA) is 38.3 Å². The number of aryl methyl sites for hydroxylation is 1. The van der Waals surface area contributed by atoms with Crippen molar-refractivity contribution in [3.63, 3.8) is 0 Å². The monoisotopic (exact) mass is 307 g/mol. The molecule has 110 valence electrons. The molecule has 0 unspecified atom stereocenters. The van der Waals surface area contributed by atoms with Crippen molar-refractivity contribution >= 4 is 23.3 Å². The number of carbonyl (C=O) groups excluding carboxylic acids is 1. The Morgan fingerprint density at radius 2 is 2.05 bits per heavy atom. The molecule has 2 rings (SSSR count). The van der Waals surface area contributed by atoms with Crippen LogP contribution in [0.5, 0.6) is 0 Å². The highest BCUT2D eigenvalue weighted by Gasteiger charge is 2.12. The predicted molar refractivity (Wildman–Crippen MR) is 81.3 cm³/mol. The molecule has 0 radical (unpaired) electrons. The van der Waals surface area contributed by atoms with E-state index in [2.05, 4.69) is 5.32 Å². The van der Waals surface area contributed by atoms with Gasteiger partial charge in [0.15, 0.2) is 0 Å². The van der Waals surface area contributed by atoms with Crippen LogP contribution in [0.15, 0.2) is 36.4 Å². The van der Waals surface area contributed by atoms with E-state index < -0.39 is 5.97 Å². The van der Waals surface area contributed by atoms with Gasteiger partial charge in [0.05, 0.1) is 12.7 Å². The molecule has 5 heteroatoms. The summed E-state index contributed by atoms with van der Waals surface area (Å²) in [5.74, 6) is -0.791. The van der Waals surface area contributed by atoms with Crippen LogP contribution in [-0.2, 0) is 11.3 Å². The molecule has 0 atom stereocenters. The minimum atomic E-state index is -0.411. The summed E-state index contributed by atoms with van der Waals surface area (Å²) >= 11 is 5.98. The van der Waals surface area contributed by atoms with Gasteiger partial charge >= 0.3 is 5.97 Å². The molecule has 0 aliphatic carbocycles. The van der Waals surface area contributed by atoms with E-state index in [0.717, 1.165) is 11.1 Å². The highest BCUT2D eigenvalue weighted by molar-refractivity contribution is 6.31. The van der Waals surface area contributed by atoms with Crippen LogP contribution in [0.3, 0.4) is 0 Å². The predicted octanol–water partition coefficient (Wildman–Crippen LogP) is 4.19. The van der Waals surface area contributed by atoms with Crippen LogP contribution in [0.25, 0.3) is 0 Å². The van der Waals surface area contributed by atoms with Crippen LogP contribution < -0.4 is 5.32 Å². The van der Waals surface area contributed by atoms with Crippen molar-refractivity contribution in [2.75, 3.05) is 12.4 Å². The average Bonchev–Trinajstić information content (AvgIpc) is 2.46. The maximum Gasteiger partial charge on any atom is 0.339 e. The van der Waals surface area contributed by atoms with Gasteiger partial charge in [-0.15, -0.1) is 0 Å². The van der Waals surface area contributed by atoms with E-state index >= 15 is 0 Å². The lowest BCUT2D eigenvalue weighted by atomic mass is 10.1. The molecule has 1 N–H and O–H groups in total. The fraction of sp³-hybridized carbons (Fsp3) is 0.188. The van der Waals surface area contributed by atoms with E-state index in [1.807, 2.05) is 13.0 Å². The second kappa shape index (κ2) is 6.59. The summed E-state index contributed by atoms with van der Waals surface area (Å²) in [5.41, 5.74) is 2.80. The van der Waals surface area contributed by atoms with Gasteiger partial charge in [0, 0.05) is 17.3 Å². The molecule has 3 nitrogen and oxygen atoms in total. The van der Waals surface area contributed by atoms with E-state index in [9.17, 15) is 9.18 Å². The summed E-state index contributed by atoms with van der Waals surface area (Å²) in [6, 6.07) is 9.66. The molecule has 0 saturated heterocycles. The Bertz CT molecular complexity index is 673. The first kappa shape index (κ1) is 15.3. The molecule has 0 amide bonds. The lowest BCUT2D eigenvalue weighted by Crippen LogP contribution is -2.09. The molecule has 0 fully saturated rings. The highest BCUT2D eigenvalue weighted by atomic mass is 35.5. The van der Waals surface area contributed by atoms with E-state index in [-0.39, 0.29) is 5.82 Å². The Morgan fingerprint density at radius 1 is 1.29 bits per heavy atom. The van der Waals surface area contributed by atoms with Crippen LogP contribution >= 0.6 is 11.6 Å². The summed E-state index contributed by atoms with van der Waals surface area (Å²) in [7, 11) is 1.34. The summed E-state index contributed by atoms with van der Waals surface area (Å²) in [6.45, 7) is 2.28. The van der Waals surface area contributed by atoms with E-state index in [4.69, 9.17) is 16.3 Å². The smallest absolute Gasteiger partial charge is 0.339 e. The zero-order valence-corrected chi connectivity index (χ0v) is 12.5. The molecule has 0 aromatic heterocycles. The third kappa shape index (κ3) is 3.73. The molecule has 0 heterocycles. The quantitative estimate of drug-likeness (QED) is 0.861. The molecular weight excluding hydrogens is 293 g/mol. The standard InChI is InChI=1S/C16H15ClFNO2/c1-10-3-6-15(13(7-10)16(20)21-2)19-9-11-4-5-12(18)8-14(11)17/h3-8,19H,9H2,1-2H3. The Hall–Kier alpha value is -2.07. The van der Waals surface area contributed by atoms with Crippen molar-refractivity contribution < 1.29 is 13.9 Å². The lowest BCUT2D eigenvalue weighted by molar-refractivity contribution is 0.0601. The SMILES string of the molecule is COC(=O)c1cc(C)ccc1NCc1ccc(F)cc1Cl. The number of halogens is 2. The molecule has 2 aromatic rings. The van der Waals surface area contributed by atoms with Crippen LogP contribution in [-0.4, -0.2) is 13.1 Å². The summed E-state index contributed by atoms with van der Waals surface area (Å²) in [5, 5.41) is 3.47. The van der Waals surface area contributed by atoms with Gasteiger partial charge in [-0.1, -0.05) is 29.3 Å². The van der Waals surface area contributed by atoms with Crippen LogP contribution in [0.4, 0.5) is 10.1 Å². The van der Waals surface area contributed by atoms with Gasteiger partial charge in [-0.2, -0.15) is 0 Å². The second-order valence-electron chi connectivity index (χ2n) is 4.63. The van der Waals surface area contributed by atoms with Crippen LogP contribution in [0, 0.1) is 12.7 Å². The van der Waals surface area contributed by atoms with Crippen LogP contribution in [0.1, 0.15) is 21.5 Å². The van der Waals surface area contributed by atoms with Crippen molar-refractivity contribution in [3.8, 4) is 0 Å². The number of nitrogens with one attached hydrogen (secondary N) is 1. The largest absolute Gasteiger partial charge is 0.465 e. The van der Waals surface area contributed by atoms with Crippen molar-refractivity contribution in [2.24, 2.45) is 0 Å². The average molecular weight is 308 g/mol. The van der Waals surface area contributed by atoms with Gasteiger partial charge in [0.2, 0.25) is 0 Å². The van der Waals surface area contributed by atoms with Gasteiger partial charge in [0.25, 0.3) is 0 Å². The minimum absolute atomic E-state index is 0.342. The number of benzene rings is 2. The van der Waals surface area contributed by atoms with Gasteiger partial charge in [-0.25, -0.2) is 9.18 Å². The maximum absolute atomic E-state index is 13.0. The number of esters is 1. The van der Waals surface area contributed by atoms with Crippen molar-refractivity contribution in [3.05, 3.63) is 63.9 Å². The normalized spacial score (nSPS) is 10.3. The molecular formula is C16H15ClFNO2. The molecule has 0 aliphatic rings. The van der Waals surface area contributed by atoms with E-state index in [0.29, 0.717) is 22.8 Å². The Morgan fingerprint density at radius 3 is 2.71 bits per heavy atom. The first-order valence-electron chi connectivity index (χ1n) is 6.38. The summed E-state index contributed by atoms with van der Waals surface area (Å²) in [4.78, 5) is 11.8. The molecule has 21 heavy (non-hydrogen) atoms. The molecule has 2 aromatic carbocycles. The second-order valence-corrected chi connectivity index (χ2v) is 5.04. The lowest BCUT2D eigenvalue weighted by Gasteiger charge is -2.12. The zero-order chi connectivity index (χ0) is 15.4. The van der Waals surface area contributed by atoms with Gasteiger partial charge in [-0.3, -0.25) is 0 Å². The first-order valence-corrected chi connectivity index (χ1v) is 6.76. The number of anilines is 1. The molecule has 0 aliphatic heterocycles. The molecule has 0 bridgehead atoms. The molecule has 0 saturated carbocycles. The van der Waals surface area contributed by atoms with E-state index in [1.54, 1.807) is 18.2 Å². The summed E-state index contributed by atoms with van der Waals surface area (Å²) < 4.78 is 17.8. The van der Waals surface area contributed by atoms with Crippen molar-refractivity contribution in [1.82, 2.24) is 0 Å². The maximum atomic E-state index is 13.0. The highest BCUT2D eigenvalue weighted by Crippen LogP contribution is 2.22. The third-order valence-electron chi connectivity index (χ3n) is 3.06. The number of carbonyl (C=O) groups is 1. The molecule has 0 spiro atoms. The third-order valence-corrected chi connectivity index (χ3v) is 3.42. The van der Waals surface area contributed by atoms with Crippen molar-refractivity contribution in [1.29, 1.82) is 0 Å². The Balaban J connectivity index is 2.21. The number of ether oxygens (including phenoxy) is 1. The number of methoxy groups -OCH3 is 1. The fourth-order valence-electron chi connectivity index (χ4n) is 1.95. The Kier molecular flexibility index (Phi) is 4.81. The first-order chi connectivity index (χ1) is 10.0. The van der Waals surface area contributed by atoms with E-state index in [1.165, 1.54) is 19.2 Å². The van der Waals surface area contributed by atoms with Crippen molar-refractivity contribution in [2.45, 2.75) is 13.5 Å². The minimum Gasteiger partial charge on any atom is -0.465 e. The van der Waals surface area contributed by atoms with Gasteiger partial charge in [0.1, 0.15) is 5.82 Å². The number of rotatable bonds is 4. The van der Waals surface area contributed by atoms with Crippen LogP contribution in [0.2, 0.25) is 5.02 Å². The fourth-order valence-corrected chi connectivity index (χ4v) is 2.18. The summed E-state index contributed by atoms with van der Waals surface area (Å²) in [6.07, 6.45) is 0. The van der Waals surface area contributed by atoms with Gasteiger partial charge in [-0.05, 0) is 36.8 Å². The Labute approximate surface area is 127 Å². The zero-order valence-electron chi connectivity index (χ0n) is 11.7. The number of hydrogen-bond donors (Lipinski definition) is 1. The number of hydrogen-bond acceptors (Lipinski definition) is 3.